The van der Waals surface area contributed by atoms with Gasteiger partial charge in [-0.25, -0.2) is 9.37 Å². The molecule has 1 aliphatic heterocycles. The monoisotopic (exact) mass is 457 g/mol. The van der Waals surface area contributed by atoms with Gasteiger partial charge in [-0.1, -0.05) is 30.9 Å². The Labute approximate surface area is 194 Å². The molecule has 5 rings (SSSR count). The molecule has 0 spiro atoms. The Morgan fingerprint density at radius 2 is 2.12 bits per heavy atom. The Bertz CT molecular complexity index is 1390. The highest BCUT2D eigenvalue weighted by atomic mass is 32.1. The first-order chi connectivity index (χ1) is 16.1. The fourth-order valence-electron chi connectivity index (χ4n) is 3.83. The molecule has 33 heavy (non-hydrogen) atoms. The average molecular weight is 458 g/mol. The number of carbonyl (C=O) groups is 1. The Morgan fingerprint density at radius 1 is 1.24 bits per heavy atom. The molecule has 0 radical (unpaired) electrons. The van der Waals surface area contributed by atoms with Gasteiger partial charge in [0.2, 0.25) is 0 Å². The van der Waals surface area contributed by atoms with E-state index in [4.69, 9.17) is 0 Å². The van der Waals surface area contributed by atoms with Crippen LogP contribution in [0.4, 0.5) is 9.52 Å². The van der Waals surface area contributed by atoms with Gasteiger partial charge in [-0.15, -0.1) is 11.3 Å². The number of aryl methyl sites for hydroxylation is 1. The molecule has 0 unspecified atom stereocenters. The van der Waals surface area contributed by atoms with Gasteiger partial charge in [-0.2, -0.15) is 5.10 Å². The van der Waals surface area contributed by atoms with Crippen LogP contribution in [0.5, 0.6) is 0 Å². The van der Waals surface area contributed by atoms with Gasteiger partial charge < -0.3 is 0 Å². The van der Waals surface area contributed by atoms with E-state index in [9.17, 15) is 9.18 Å². The predicted molar refractivity (Wildman–Crippen MR) is 126 cm³/mol. The largest absolute Gasteiger partial charge is 0.298 e. The van der Waals surface area contributed by atoms with Crippen molar-refractivity contribution in [1.82, 2.24) is 19.7 Å². The molecule has 1 aromatic carbocycles. The molecule has 6 nitrogen and oxygen atoms in total. The van der Waals surface area contributed by atoms with E-state index in [0.29, 0.717) is 33.3 Å². The van der Waals surface area contributed by atoms with Crippen molar-refractivity contribution in [2.24, 2.45) is 0 Å². The van der Waals surface area contributed by atoms with E-state index >= 15 is 0 Å². The molecule has 164 valence electrons. The lowest BCUT2D eigenvalue weighted by Crippen LogP contribution is -2.14. The van der Waals surface area contributed by atoms with Gasteiger partial charge in [0.1, 0.15) is 17.2 Å². The zero-order chi connectivity index (χ0) is 22.8. The fraction of sp³-hybridized carbons (Fsp3) is 0.200. The van der Waals surface area contributed by atoms with Crippen LogP contribution in [0.1, 0.15) is 41.4 Å². The minimum atomic E-state index is -0.405. The third-order valence-electron chi connectivity index (χ3n) is 5.36. The van der Waals surface area contributed by atoms with Crippen molar-refractivity contribution in [2.75, 3.05) is 5.32 Å². The van der Waals surface area contributed by atoms with Gasteiger partial charge in [0, 0.05) is 35.7 Å². The van der Waals surface area contributed by atoms with Crippen molar-refractivity contribution >= 4 is 22.4 Å². The van der Waals surface area contributed by atoms with Crippen LogP contribution in [0.2, 0.25) is 0 Å². The third-order valence-corrected chi connectivity index (χ3v) is 6.11. The number of rotatable bonds is 4. The molecule has 0 fully saturated rings. The number of fused-ring (bicyclic) bond motifs is 1. The third kappa shape index (κ3) is 4.15. The number of anilines is 1. The number of pyridine rings is 1. The Morgan fingerprint density at radius 3 is 2.91 bits per heavy atom. The molecule has 0 saturated carbocycles. The first kappa shape index (κ1) is 21.0. The van der Waals surface area contributed by atoms with E-state index < -0.39 is 5.82 Å². The Hall–Kier alpha value is -3.83. The highest BCUT2D eigenvalue weighted by Crippen LogP contribution is 2.32. The van der Waals surface area contributed by atoms with E-state index in [1.165, 1.54) is 17.4 Å². The maximum absolute atomic E-state index is 14.5. The predicted octanol–water partition coefficient (Wildman–Crippen LogP) is 5.17. The number of benzene rings is 1. The summed E-state index contributed by atoms with van der Waals surface area (Å²) in [5.74, 6) is 5.32. The van der Waals surface area contributed by atoms with Crippen LogP contribution in [-0.2, 0) is 13.0 Å². The topological polar surface area (TPSA) is 72.7 Å². The van der Waals surface area contributed by atoms with Crippen LogP contribution in [-0.4, -0.2) is 25.7 Å². The van der Waals surface area contributed by atoms with Crippen molar-refractivity contribution in [3.05, 3.63) is 70.6 Å². The molecule has 8 heteroatoms. The zero-order valence-electron chi connectivity index (χ0n) is 17.9. The summed E-state index contributed by atoms with van der Waals surface area (Å²) in [6, 6.07) is 10.1. The SMILES string of the molecule is CCC#Cc1ccc(-c2csc(NC(=O)c3c(-c4ccccc4F)nn4c3CCC4)n2)nc1. The quantitative estimate of drug-likeness (QED) is 0.429. The van der Waals surface area contributed by atoms with E-state index in [1.54, 1.807) is 29.1 Å². The molecular weight excluding hydrogens is 437 g/mol. The summed E-state index contributed by atoms with van der Waals surface area (Å²) in [6.07, 6.45) is 4.14. The molecule has 1 N–H and O–H groups in total. The summed E-state index contributed by atoms with van der Waals surface area (Å²) < 4.78 is 16.3. The minimum absolute atomic E-state index is 0.319. The van der Waals surface area contributed by atoms with Crippen LogP contribution in [0.15, 0.2) is 48.0 Å². The number of hydrogen-bond acceptors (Lipinski definition) is 5. The Balaban J connectivity index is 1.41. The van der Waals surface area contributed by atoms with Gasteiger partial charge >= 0.3 is 0 Å². The lowest BCUT2D eigenvalue weighted by atomic mass is 10.0. The summed E-state index contributed by atoms with van der Waals surface area (Å²) in [7, 11) is 0. The van der Waals surface area contributed by atoms with Crippen LogP contribution < -0.4 is 5.32 Å². The number of hydrogen-bond donors (Lipinski definition) is 1. The van der Waals surface area contributed by atoms with Crippen LogP contribution in [0.25, 0.3) is 22.6 Å². The second-order valence-corrected chi connectivity index (χ2v) is 8.41. The van der Waals surface area contributed by atoms with Gasteiger partial charge in [-0.3, -0.25) is 19.8 Å². The molecule has 3 aromatic heterocycles. The van der Waals surface area contributed by atoms with Gasteiger partial charge in [0.05, 0.1) is 17.0 Å². The molecular formula is C25H20FN5OS. The molecule has 4 heterocycles. The highest BCUT2D eigenvalue weighted by molar-refractivity contribution is 7.14. The lowest BCUT2D eigenvalue weighted by Gasteiger charge is -2.06. The molecule has 4 aromatic rings. The standard InChI is InChI=1S/C25H20FN5OS/c1-2-3-7-16-11-12-19(27-14-16)20-15-33-25(28-20)29-24(32)22-21-10-6-13-31(21)30-23(22)17-8-4-5-9-18(17)26/h4-5,8-9,11-12,14-15H,2,6,10,13H2,1H3,(H,28,29,32). The average Bonchev–Trinajstić information content (AvgIpc) is 3.54. The van der Waals surface area contributed by atoms with Crippen LogP contribution in [0.3, 0.4) is 0 Å². The van der Waals surface area contributed by atoms with Crippen molar-refractivity contribution < 1.29 is 9.18 Å². The van der Waals surface area contributed by atoms with Gasteiger partial charge in [-0.05, 0) is 37.1 Å². The van der Waals surface area contributed by atoms with Crippen molar-refractivity contribution in [1.29, 1.82) is 0 Å². The Kier molecular flexibility index (Phi) is 5.71. The van der Waals surface area contributed by atoms with Crippen molar-refractivity contribution in [2.45, 2.75) is 32.7 Å². The maximum atomic E-state index is 14.5. The fourth-order valence-corrected chi connectivity index (χ4v) is 4.53. The zero-order valence-corrected chi connectivity index (χ0v) is 18.7. The lowest BCUT2D eigenvalue weighted by molar-refractivity contribution is 0.102. The molecule has 0 bridgehead atoms. The highest BCUT2D eigenvalue weighted by Gasteiger charge is 2.29. The molecule has 1 aliphatic rings. The number of halogens is 1. The molecule has 1 amide bonds. The molecule has 0 aliphatic carbocycles. The molecule has 0 atom stereocenters. The number of aromatic nitrogens is 4. The normalized spacial score (nSPS) is 12.2. The maximum Gasteiger partial charge on any atom is 0.261 e. The summed E-state index contributed by atoms with van der Waals surface area (Å²) in [6.45, 7) is 2.72. The van der Waals surface area contributed by atoms with Crippen LogP contribution >= 0.6 is 11.3 Å². The summed E-state index contributed by atoms with van der Waals surface area (Å²) in [5.41, 5.74) is 4.13. The molecule has 0 saturated heterocycles. The van der Waals surface area contributed by atoms with E-state index in [2.05, 4.69) is 32.2 Å². The number of thiazole rings is 1. The first-order valence-corrected chi connectivity index (χ1v) is 11.6. The van der Waals surface area contributed by atoms with E-state index in [1.807, 2.05) is 24.4 Å². The van der Waals surface area contributed by atoms with Gasteiger partial charge in [0.15, 0.2) is 5.13 Å². The number of amides is 1. The first-order valence-electron chi connectivity index (χ1n) is 10.7. The summed E-state index contributed by atoms with van der Waals surface area (Å²) in [5, 5.41) is 9.71. The van der Waals surface area contributed by atoms with Gasteiger partial charge in [0.25, 0.3) is 5.91 Å². The van der Waals surface area contributed by atoms with Crippen molar-refractivity contribution in [3.8, 4) is 34.5 Å². The minimum Gasteiger partial charge on any atom is -0.298 e. The van der Waals surface area contributed by atoms with E-state index in [0.717, 1.165) is 37.1 Å². The number of nitrogens with one attached hydrogen (secondary N) is 1. The van der Waals surface area contributed by atoms with Crippen LogP contribution in [0, 0.1) is 17.7 Å². The summed E-state index contributed by atoms with van der Waals surface area (Å²) >= 11 is 1.31. The second kappa shape index (κ2) is 8.96. The summed E-state index contributed by atoms with van der Waals surface area (Å²) in [4.78, 5) is 22.2. The number of nitrogens with zero attached hydrogens (tertiary/aromatic N) is 4. The second-order valence-electron chi connectivity index (χ2n) is 7.56. The van der Waals surface area contributed by atoms with E-state index in [-0.39, 0.29) is 5.91 Å². The number of carbonyl (C=O) groups excluding carboxylic acids is 1. The smallest absolute Gasteiger partial charge is 0.261 e. The van der Waals surface area contributed by atoms with Crippen molar-refractivity contribution in [3.63, 3.8) is 0 Å².